The molecule has 4 aromatic rings. The number of benzene rings is 4. The average Bonchev–Trinajstić information content (AvgIpc) is 1.65. The summed E-state index contributed by atoms with van der Waals surface area (Å²) < 4.78 is 50.0. The van der Waals surface area contributed by atoms with Crippen LogP contribution in [0.2, 0.25) is 0 Å². The highest BCUT2D eigenvalue weighted by Gasteiger charge is 2.58. The van der Waals surface area contributed by atoms with Crippen molar-refractivity contribution in [3.05, 3.63) is 119 Å². The van der Waals surface area contributed by atoms with Crippen LogP contribution >= 0.6 is 0 Å². The van der Waals surface area contributed by atoms with Crippen LogP contribution in [0.25, 0.3) is 0 Å². The predicted molar refractivity (Wildman–Crippen MR) is 405 cm³/mol. The zero-order valence-electron chi connectivity index (χ0n) is 66.9. The molecule has 8 saturated heterocycles. The second-order valence-electron chi connectivity index (χ2n) is 34.9. The molecular formula is C88H120Br2Cl2N4O16. The predicted octanol–water partition coefficient (Wildman–Crippen LogP) is 1.01. The maximum absolute atomic E-state index is 13.5. The number of carbonyl (C=O) groups is 8. The van der Waals surface area contributed by atoms with Crippen LogP contribution in [0.5, 0.6) is 23.0 Å². The van der Waals surface area contributed by atoms with E-state index in [1.807, 2.05) is 72.8 Å². The van der Waals surface area contributed by atoms with Crippen molar-refractivity contribution in [2.24, 2.45) is 23.7 Å². The first kappa shape index (κ1) is 89.9. The Morgan fingerprint density at radius 2 is 0.473 bits per heavy atom. The third kappa shape index (κ3) is 21.2. The van der Waals surface area contributed by atoms with E-state index in [4.69, 9.17) is 37.9 Å². The molecule has 8 bridgehead atoms. The van der Waals surface area contributed by atoms with Crippen molar-refractivity contribution in [2.45, 2.75) is 280 Å². The van der Waals surface area contributed by atoms with Gasteiger partial charge in [-0.3, -0.25) is 38.4 Å². The van der Waals surface area contributed by atoms with Crippen molar-refractivity contribution in [1.82, 2.24) is 0 Å². The number of carbonyl (C=O) groups excluding carboxylic acids is 8. The second-order valence-corrected chi connectivity index (χ2v) is 34.9. The standard InChI is InChI=1S/2C44H60N2O8.2BrH.2ClH/c2*1-29(47)51-37-13-5-9-31(23-37)11-7-21-45(3)33-15-16-34(45)26-39(25-33)53-43(49)41-19-20-42(41)44(50)54-40-27-35-17-18-36(28-40)46(35,4)22-8-12-32-10-6-14-38(24-32)52-30(2)48;;;;/h2*5-6,9-10,13-14,23-24,33-36,39-42H,7-8,11-12,15-22,25-28H2,1-4H3;4*1H/q2*+2;;;;/p-4/t2*33-,34+,35-,36+,39?,40?,41?,42?,45?,46?;;;;. The molecule has 20 nitrogen and oxygen atoms in total. The third-order valence-electron chi connectivity index (χ3n) is 28.2. The summed E-state index contributed by atoms with van der Waals surface area (Å²) in [5, 5.41) is 0. The summed E-state index contributed by atoms with van der Waals surface area (Å²) in [5.41, 5.74) is 4.69. The molecule has 0 aromatic heterocycles. The van der Waals surface area contributed by atoms with Crippen LogP contribution in [0.4, 0.5) is 0 Å². The Kier molecular flexibility index (Phi) is 31.6. The van der Waals surface area contributed by atoms with Crippen LogP contribution < -0.4 is 77.7 Å². The Labute approximate surface area is 696 Å². The first-order valence-corrected chi connectivity index (χ1v) is 41.1. The zero-order chi connectivity index (χ0) is 76.1. The first-order chi connectivity index (χ1) is 51.8. The maximum atomic E-state index is 13.5. The number of halogens is 4. The van der Waals surface area contributed by atoms with Crippen LogP contribution in [0.3, 0.4) is 0 Å². The molecule has 0 N–H and O–H groups in total. The van der Waals surface area contributed by atoms with E-state index in [2.05, 4.69) is 52.5 Å². The highest BCUT2D eigenvalue weighted by Crippen LogP contribution is 2.49. The molecule has 10 fully saturated rings. The smallest absolute Gasteiger partial charge is 0.310 e. The topological polar surface area (TPSA) is 210 Å². The molecule has 12 unspecified atom stereocenters. The van der Waals surface area contributed by atoms with E-state index in [0.29, 0.717) is 97.0 Å². The fraction of sp³-hybridized carbons (Fsp3) is 0.636. The monoisotopic (exact) mass is 1720 g/mol. The van der Waals surface area contributed by atoms with Gasteiger partial charge in [-0.2, -0.15) is 0 Å². The molecule has 10 aliphatic rings. The van der Waals surface area contributed by atoms with Gasteiger partial charge in [0.2, 0.25) is 0 Å². The molecule has 14 rings (SSSR count). The molecule has 0 spiro atoms. The molecule has 2 aliphatic carbocycles. The number of quaternary nitrogens is 4. The molecule has 2 saturated carbocycles. The summed E-state index contributed by atoms with van der Waals surface area (Å²) >= 11 is 0. The van der Waals surface area contributed by atoms with Gasteiger partial charge in [0.15, 0.2) is 0 Å². The van der Waals surface area contributed by atoms with Gasteiger partial charge in [-0.05, 0) is 122 Å². The lowest BCUT2D eigenvalue weighted by Gasteiger charge is -2.47. The number of hydrogen-bond acceptors (Lipinski definition) is 16. The molecular weight excluding hydrogens is 1600 g/mol. The fourth-order valence-electron chi connectivity index (χ4n) is 22.0. The normalized spacial score (nSPS) is 32.5. The lowest BCUT2D eigenvalue weighted by molar-refractivity contribution is -0.949. The minimum atomic E-state index is -0.388. The summed E-state index contributed by atoms with van der Waals surface area (Å²) in [6.45, 7) is 9.96. The van der Waals surface area contributed by atoms with Gasteiger partial charge < -0.3 is 115 Å². The number of fused-ring (bicyclic) bond motifs is 8. The first-order valence-electron chi connectivity index (χ1n) is 41.1. The summed E-state index contributed by atoms with van der Waals surface area (Å²) in [7, 11) is 9.50. The van der Waals surface area contributed by atoms with E-state index in [-0.39, 0.29) is 155 Å². The SMILES string of the molecule is CC(=O)Oc1cccc(CCC[N+]2(C)[C@@H]3CC[C@H]2CC(OC(=O)C2CCC2C(=O)OC2C[C@H]4CC[C@@H](C2)[N+]4(C)CCCc2cccc(OC(C)=O)c2)C3)c1.CC(=O)Oc1cccc(CCC[N+]2(C)[C@@H]3CC[C@H]2CC(OC(=O)C2CCC2C(=O)OC2C[C@H]4CC[C@@H](C2)[N+]4(C)CCCc2cccc(OC(C)=O)c2)C3)c1.[Br-].[Br-].[Cl-].[Cl-]. The highest BCUT2D eigenvalue weighted by molar-refractivity contribution is 5.85. The van der Waals surface area contributed by atoms with Crippen LogP contribution in [0.1, 0.15) is 204 Å². The number of rotatable bonds is 28. The van der Waals surface area contributed by atoms with Gasteiger partial charge in [0.1, 0.15) is 47.4 Å². The molecule has 4 aromatic carbocycles. The van der Waals surface area contributed by atoms with Gasteiger partial charge >= 0.3 is 47.8 Å². The molecule has 616 valence electrons. The van der Waals surface area contributed by atoms with E-state index >= 15 is 0 Å². The number of nitrogens with zero attached hydrogens (tertiary/aromatic N) is 4. The summed E-state index contributed by atoms with van der Waals surface area (Å²) in [4.78, 5) is 99.5. The Hall–Kier alpha value is -5.98. The number of aryl methyl sites for hydroxylation is 4. The van der Waals surface area contributed by atoms with E-state index in [0.717, 1.165) is 198 Å². The average molecular weight is 1720 g/mol. The lowest BCUT2D eigenvalue weighted by atomic mass is 9.73. The van der Waals surface area contributed by atoms with Gasteiger partial charge in [-0.1, -0.05) is 48.5 Å². The summed E-state index contributed by atoms with van der Waals surface area (Å²) in [5.74, 6) is -1.21. The van der Waals surface area contributed by atoms with Gasteiger partial charge in [0, 0.05) is 156 Å². The summed E-state index contributed by atoms with van der Waals surface area (Å²) in [6.07, 6.45) is 26.6. The molecule has 0 radical (unpaired) electrons. The van der Waals surface area contributed by atoms with Gasteiger partial charge in [0.05, 0.1) is 126 Å². The second kappa shape index (κ2) is 39.3. The van der Waals surface area contributed by atoms with Crippen LogP contribution in [-0.2, 0) is 83.0 Å². The van der Waals surface area contributed by atoms with Crippen LogP contribution in [0, 0.1) is 23.7 Å². The van der Waals surface area contributed by atoms with Crippen LogP contribution in [-0.4, -0.2) is 193 Å². The van der Waals surface area contributed by atoms with Gasteiger partial charge in [-0.25, -0.2) is 0 Å². The van der Waals surface area contributed by atoms with Crippen molar-refractivity contribution in [3.8, 4) is 23.0 Å². The van der Waals surface area contributed by atoms with E-state index in [1.165, 1.54) is 49.9 Å². The van der Waals surface area contributed by atoms with Crippen molar-refractivity contribution >= 4 is 47.8 Å². The zero-order valence-corrected chi connectivity index (χ0v) is 71.6. The molecule has 20 atom stereocenters. The molecule has 112 heavy (non-hydrogen) atoms. The Morgan fingerprint density at radius 1 is 0.295 bits per heavy atom. The Balaban J connectivity index is 0.000000248. The van der Waals surface area contributed by atoms with Gasteiger partial charge in [0.25, 0.3) is 0 Å². The Morgan fingerprint density at radius 3 is 0.634 bits per heavy atom. The van der Waals surface area contributed by atoms with E-state index < -0.39 is 0 Å². The maximum Gasteiger partial charge on any atom is 0.310 e. The van der Waals surface area contributed by atoms with Crippen molar-refractivity contribution < 1.29 is 153 Å². The van der Waals surface area contributed by atoms with E-state index in [1.54, 1.807) is 0 Å². The lowest BCUT2D eigenvalue weighted by Crippen LogP contribution is -3.00. The number of ether oxygens (including phenoxy) is 8. The highest BCUT2D eigenvalue weighted by atomic mass is 79.9. The van der Waals surface area contributed by atoms with Crippen molar-refractivity contribution in [3.63, 3.8) is 0 Å². The number of piperidine rings is 4. The quantitative estimate of drug-likeness (QED) is 0.0336. The number of hydrogen-bond donors (Lipinski definition) is 0. The third-order valence-corrected chi connectivity index (χ3v) is 28.2. The minimum Gasteiger partial charge on any atom is -1.00 e. The largest absolute Gasteiger partial charge is 1.00 e. The minimum absolute atomic E-state index is 0. The van der Waals surface area contributed by atoms with Crippen molar-refractivity contribution in [1.29, 1.82) is 0 Å². The van der Waals surface area contributed by atoms with E-state index in [9.17, 15) is 38.4 Å². The molecule has 8 heterocycles. The Bertz CT molecular complexity index is 3390. The van der Waals surface area contributed by atoms with Crippen molar-refractivity contribution in [2.75, 3.05) is 54.4 Å². The number of esters is 8. The molecule has 8 aliphatic heterocycles. The molecule has 24 heteroatoms. The molecule has 0 amide bonds. The summed E-state index contributed by atoms with van der Waals surface area (Å²) in [6, 6.07) is 35.0. The van der Waals surface area contributed by atoms with Gasteiger partial charge in [-0.15, -0.1) is 0 Å². The fourth-order valence-corrected chi connectivity index (χ4v) is 22.0. The van der Waals surface area contributed by atoms with Crippen LogP contribution in [0.15, 0.2) is 97.1 Å².